The second-order valence-corrected chi connectivity index (χ2v) is 7.50. The molecule has 1 aromatic rings. The standard InChI is InChI=1S/C24H40N2O2/c1-3-5-7-8-9-10-11-12-13-15-24(27)26-25-21-22-16-18-23(19-17-22)28-20-14-6-4-2/h16-19,21H,3-15,20H2,1-2H3,(H,26,27)/b25-21+. The molecule has 0 aliphatic carbocycles. The van der Waals surface area contributed by atoms with Gasteiger partial charge in [0.1, 0.15) is 5.75 Å². The van der Waals surface area contributed by atoms with Crippen LogP contribution < -0.4 is 10.2 Å². The smallest absolute Gasteiger partial charge is 0.240 e. The van der Waals surface area contributed by atoms with Crippen LogP contribution >= 0.6 is 0 Å². The normalized spacial score (nSPS) is 11.1. The Morgan fingerprint density at radius 1 is 0.857 bits per heavy atom. The summed E-state index contributed by atoms with van der Waals surface area (Å²) in [5.41, 5.74) is 3.57. The minimum Gasteiger partial charge on any atom is -0.494 e. The molecule has 0 aliphatic heterocycles. The molecule has 0 aromatic heterocycles. The van der Waals surface area contributed by atoms with Crippen LogP contribution in [0.5, 0.6) is 5.75 Å². The van der Waals surface area contributed by atoms with Crippen molar-refractivity contribution in [3.05, 3.63) is 29.8 Å². The van der Waals surface area contributed by atoms with E-state index < -0.39 is 0 Å². The topological polar surface area (TPSA) is 50.7 Å². The maximum atomic E-state index is 11.8. The van der Waals surface area contributed by atoms with E-state index in [4.69, 9.17) is 4.74 Å². The summed E-state index contributed by atoms with van der Waals surface area (Å²) < 4.78 is 5.69. The Hall–Kier alpha value is -1.84. The molecule has 0 bridgehead atoms. The Labute approximate surface area is 172 Å². The van der Waals surface area contributed by atoms with Crippen LogP contribution in [0.1, 0.15) is 103 Å². The molecule has 0 aliphatic rings. The first-order chi connectivity index (χ1) is 13.8. The summed E-state index contributed by atoms with van der Waals surface area (Å²) in [6.07, 6.45) is 17.0. The maximum Gasteiger partial charge on any atom is 0.240 e. The van der Waals surface area contributed by atoms with Gasteiger partial charge in [-0.15, -0.1) is 0 Å². The SMILES string of the molecule is CCCCCCCCCCCC(=O)N/N=C/c1ccc(OCCCCC)cc1. The highest BCUT2D eigenvalue weighted by Gasteiger charge is 2.00. The fourth-order valence-electron chi connectivity index (χ4n) is 3.02. The number of nitrogens with zero attached hydrogens (tertiary/aromatic N) is 1. The summed E-state index contributed by atoms with van der Waals surface area (Å²) in [5.74, 6) is 0.873. The van der Waals surface area contributed by atoms with Gasteiger partial charge in [0.05, 0.1) is 12.8 Å². The Bertz CT molecular complexity index is 526. The van der Waals surface area contributed by atoms with Crippen molar-refractivity contribution in [3.63, 3.8) is 0 Å². The van der Waals surface area contributed by atoms with Crippen LogP contribution in [0.3, 0.4) is 0 Å². The van der Waals surface area contributed by atoms with Gasteiger partial charge in [-0.3, -0.25) is 4.79 Å². The summed E-state index contributed by atoms with van der Waals surface area (Å²) in [5, 5.41) is 4.05. The number of carbonyl (C=O) groups is 1. The van der Waals surface area contributed by atoms with E-state index in [0.29, 0.717) is 6.42 Å². The van der Waals surface area contributed by atoms with Crippen LogP contribution in [0.15, 0.2) is 29.4 Å². The highest BCUT2D eigenvalue weighted by molar-refractivity contribution is 5.82. The van der Waals surface area contributed by atoms with Crippen molar-refractivity contribution >= 4 is 12.1 Å². The quantitative estimate of drug-likeness (QED) is 0.185. The van der Waals surface area contributed by atoms with Crippen molar-refractivity contribution < 1.29 is 9.53 Å². The number of hydrogen-bond acceptors (Lipinski definition) is 3. The lowest BCUT2D eigenvalue weighted by Crippen LogP contribution is -2.16. The predicted molar refractivity (Wildman–Crippen MR) is 119 cm³/mol. The second kappa shape index (κ2) is 17.3. The molecule has 0 fully saturated rings. The predicted octanol–water partition coefficient (Wildman–Crippen LogP) is 6.63. The van der Waals surface area contributed by atoms with Crippen LogP contribution in [-0.2, 0) is 4.79 Å². The van der Waals surface area contributed by atoms with Crippen LogP contribution in [-0.4, -0.2) is 18.7 Å². The number of hydrazone groups is 1. The number of nitrogens with one attached hydrogen (secondary N) is 1. The largest absolute Gasteiger partial charge is 0.494 e. The highest BCUT2D eigenvalue weighted by atomic mass is 16.5. The first-order valence-electron chi connectivity index (χ1n) is 11.3. The number of unbranched alkanes of at least 4 members (excludes halogenated alkanes) is 10. The molecule has 0 saturated heterocycles. The van der Waals surface area contributed by atoms with Gasteiger partial charge in [0, 0.05) is 6.42 Å². The molecule has 4 heteroatoms. The maximum absolute atomic E-state index is 11.8. The van der Waals surface area contributed by atoms with E-state index in [-0.39, 0.29) is 5.91 Å². The van der Waals surface area contributed by atoms with Gasteiger partial charge in [0.25, 0.3) is 0 Å². The lowest BCUT2D eigenvalue weighted by atomic mass is 10.1. The molecule has 1 amide bonds. The number of hydrogen-bond donors (Lipinski definition) is 1. The van der Waals surface area contributed by atoms with Gasteiger partial charge in [-0.2, -0.15) is 5.10 Å². The average molecular weight is 389 g/mol. The van der Waals surface area contributed by atoms with Gasteiger partial charge in [0.2, 0.25) is 5.91 Å². The van der Waals surface area contributed by atoms with E-state index in [0.717, 1.165) is 37.2 Å². The molecule has 1 N–H and O–H groups in total. The molecule has 0 saturated carbocycles. The van der Waals surface area contributed by atoms with Crippen molar-refractivity contribution in [2.45, 2.75) is 97.3 Å². The fourth-order valence-corrected chi connectivity index (χ4v) is 3.02. The van der Waals surface area contributed by atoms with Crippen LogP contribution in [0.25, 0.3) is 0 Å². The van der Waals surface area contributed by atoms with Crippen LogP contribution in [0.2, 0.25) is 0 Å². The molecule has 1 aromatic carbocycles. The number of amides is 1. The summed E-state index contributed by atoms with van der Waals surface area (Å²) in [6.45, 7) is 5.19. The molecule has 0 unspecified atom stereocenters. The van der Waals surface area contributed by atoms with Gasteiger partial charge in [-0.25, -0.2) is 5.43 Å². The van der Waals surface area contributed by atoms with Gasteiger partial charge >= 0.3 is 0 Å². The molecular formula is C24H40N2O2. The van der Waals surface area contributed by atoms with E-state index in [9.17, 15) is 4.79 Å². The minimum atomic E-state index is -0.00456. The molecule has 28 heavy (non-hydrogen) atoms. The molecule has 0 spiro atoms. The fraction of sp³-hybridized carbons (Fsp3) is 0.667. The second-order valence-electron chi connectivity index (χ2n) is 7.50. The molecule has 0 radical (unpaired) electrons. The number of ether oxygens (including phenoxy) is 1. The van der Waals surface area contributed by atoms with E-state index in [1.807, 2.05) is 24.3 Å². The number of benzene rings is 1. The first-order valence-corrected chi connectivity index (χ1v) is 11.3. The molecule has 1 rings (SSSR count). The van der Waals surface area contributed by atoms with Gasteiger partial charge < -0.3 is 4.74 Å². The van der Waals surface area contributed by atoms with Crippen molar-refractivity contribution in [2.75, 3.05) is 6.61 Å². The van der Waals surface area contributed by atoms with Crippen molar-refractivity contribution in [1.82, 2.24) is 5.43 Å². The Morgan fingerprint density at radius 2 is 1.43 bits per heavy atom. The zero-order valence-electron chi connectivity index (χ0n) is 18.0. The third kappa shape index (κ3) is 13.3. The third-order valence-electron chi connectivity index (χ3n) is 4.81. The first kappa shape index (κ1) is 24.2. The Morgan fingerprint density at radius 3 is 2.07 bits per heavy atom. The van der Waals surface area contributed by atoms with Crippen molar-refractivity contribution in [2.24, 2.45) is 5.10 Å². The molecule has 0 heterocycles. The van der Waals surface area contributed by atoms with Crippen molar-refractivity contribution in [3.8, 4) is 5.75 Å². The van der Waals surface area contributed by atoms with Gasteiger partial charge in [-0.1, -0.05) is 78.1 Å². The third-order valence-corrected chi connectivity index (χ3v) is 4.81. The summed E-state index contributed by atoms with van der Waals surface area (Å²) in [6, 6.07) is 7.78. The van der Waals surface area contributed by atoms with E-state index >= 15 is 0 Å². The molecular weight excluding hydrogens is 348 g/mol. The Kier molecular flexibility index (Phi) is 14.9. The molecule has 0 atom stereocenters. The zero-order chi connectivity index (χ0) is 20.3. The monoisotopic (exact) mass is 388 g/mol. The number of rotatable bonds is 17. The van der Waals surface area contributed by atoms with E-state index in [2.05, 4.69) is 24.4 Å². The lowest BCUT2D eigenvalue weighted by Gasteiger charge is -2.05. The van der Waals surface area contributed by atoms with E-state index in [1.54, 1.807) is 6.21 Å². The summed E-state index contributed by atoms with van der Waals surface area (Å²) in [7, 11) is 0. The number of carbonyl (C=O) groups excluding carboxylic acids is 1. The zero-order valence-corrected chi connectivity index (χ0v) is 18.0. The lowest BCUT2D eigenvalue weighted by molar-refractivity contribution is -0.121. The summed E-state index contributed by atoms with van der Waals surface area (Å²) >= 11 is 0. The van der Waals surface area contributed by atoms with Gasteiger partial charge in [-0.05, 0) is 42.7 Å². The van der Waals surface area contributed by atoms with Crippen molar-refractivity contribution in [1.29, 1.82) is 0 Å². The van der Waals surface area contributed by atoms with Crippen LogP contribution in [0.4, 0.5) is 0 Å². The molecule has 4 nitrogen and oxygen atoms in total. The Balaban J connectivity index is 2.07. The summed E-state index contributed by atoms with van der Waals surface area (Å²) in [4.78, 5) is 11.8. The average Bonchev–Trinajstić information content (AvgIpc) is 2.71. The van der Waals surface area contributed by atoms with Crippen LogP contribution in [0, 0.1) is 0 Å². The van der Waals surface area contributed by atoms with E-state index in [1.165, 1.54) is 57.8 Å². The molecule has 158 valence electrons. The highest BCUT2D eigenvalue weighted by Crippen LogP contribution is 2.12. The van der Waals surface area contributed by atoms with Gasteiger partial charge in [0.15, 0.2) is 0 Å². The minimum absolute atomic E-state index is 0.00456.